The summed E-state index contributed by atoms with van der Waals surface area (Å²) in [5, 5.41) is 8.29. The first-order valence-corrected chi connectivity index (χ1v) is 4.28. The minimum Gasteiger partial charge on any atom is -0.481 e. The van der Waals surface area contributed by atoms with E-state index < -0.39 is 23.8 Å². The summed E-state index contributed by atoms with van der Waals surface area (Å²) in [6, 6.07) is 0. The second-order valence-electron chi connectivity index (χ2n) is 3.02. The van der Waals surface area contributed by atoms with Gasteiger partial charge in [0.25, 0.3) is 0 Å². The fraction of sp³-hybridized carbons (Fsp3) is 0.400. The summed E-state index contributed by atoms with van der Waals surface area (Å²) in [4.78, 5) is 32.3. The number of carbonyl (C=O) groups is 3. The van der Waals surface area contributed by atoms with Crippen molar-refractivity contribution < 1.29 is 24.2 Å². The zero-order valence-electron chi connectivity index (χ0n) is 8.49. The highest BCUT2D eigenvalue weighted by molar-refractivity contribution is 5.99. The van der Waals surface area contributed by atoms with Gasteiger partial charge in [-0.2, -0.15) is 0 Å². The van der Waals surface area contributed by atoms with Gasteiger partial charge in [0.05, 0.1) is 12.8 Å². The molecular weight excluding hydrogens is 200 g/mol. The summed E-state index contributed by atoms with van der Waals surface area (Å²) < 4.78 is 4.60. The highest BCUT2D eigenvalue weighted by Gasteiger charge is 2.18. The molecule has 1 atom stereocenters. The van der Waals surface area contributed by atoms with Crippen LogP contribution in [-0.4, -0.2) is 28.9 Å². The maximum atomic E-state index is 11.2. The molecule has 1 unspecified atom stereocenters. The largest absolute Gasteiger partial charge is 0.481 e. The van der Waals surface area contributed by atoms with Gasteiger partial charge in [-0.3, -0.25) is 14.4 Å². The normalized spacial score (nSPS) is 11.6. The van der Waals surface area contributed by atoms with E-state index in [9.17, 15) is 14.4 Å². The molecule has 0 aromatic heterocycles. The first-order chi connectivity index (χ1) is 6.84. The second-order valence-corrected chi connectivity index (χ2v) is 3.02. The van der Waals surface area contributed by atoms with Gasteiger partial charge in [0, 0.05) is 0 Å². The molecule has 0 saturated heterocycles. The molecule has 0 rings (SSSR count). The van der Waals surface area contributed by atoms with E-state index in [1.54, 1.807) is 0 Å². The summed E-state index contributed by atoms with van der Waals surface area (Å²) in [5.41, 5.74) is 0.237. The Kier molecular flexibility index (Phi) is 5.30. The summed E-state index contributed by atoms with van der Waals surface area (Å²) in [7, 11) is 0. The Morgan fingerprint density at radius 3 is 2.27 bits per heavy atom. The predicted octanol–water partition coefficient (Wildman–Crippen LogP) is 0.742. The smallest absolute Gasteiger partial charge is 0.307 e. The Labute approximate surface area is 87.7 Å². The molecule has 0 aliphatic carbocycles. The maximum Gasteiger partial charge on any atom is 0.307 e. The third-order valence-corrected chi connectivity index (χ3v) is 1.53. The molecule has 15 heavy (non-hydrogen) atoms. The summed E-state index contributed by atoms with van der Waals surface area (Å²) in [6.07, 6.45) is -1.75. The van der Waals surface area contributed by atoms with Gasteiger partial charge in [0.1, 0.15) is 0 Å². The summed E-state index contributed by atoms with van der Waals surface area (Å²) in [5.74, 6) is -2.33. The van der Waals surface area contributed by atoms with E-state index >= 15 is 0 Å². The number of rotatable bonds is 6. The van der Waals surface area contributed by atoms with E-state index in [0.717, 1.165) is 0 Å². The minimum absolute atomic E-state index is 0.237. The molecule has 0 aromatic carbocycles. The third kappa shape index (κ3) is 5.61. The van der Waals surface area contributed by atoms with Crippen LogP contribution in [0, 0.1) is 6.92 Å². The molecule has 5 nitrogen and oxygen atoms in total. The van der Waals surface area contributed by atoms with Crippen molar-refractivity contribution in [1.29, 1.82) is 0 Å². The first kappa shape index (κ1) is 13.4. The summed E-state index contributed by atoms with van der Waals surface area (Å²) in [6.45, 7) is 8.19. The number of hydrogen-bond donors (Lipinski definition) is 1. The quantitative estimate of drug-likeness (QED) is 0.520. The van der Waals surface area contributed by atoms with Crippen molar-refractivity contribution in [2.24, 2.45) is 0 Å². The van der Waals surface area contributed by atoms with Crippen LogP contribution >= 0.6 is 0 Å². The zero-order valence-corrected chi connectivity index (χ0v) is 8.49. The molecule has 0 saturated carbocycles. The molecule has 5 heteroatoms. The van der Waals surface area contributed by atoms with Crippen LogP contribution in [0.4, 0.5) is 0 Å². The van der Waals surface area contributed by atoms with E-state index in [1.165, 1.54) is 6.92 Å². The third-order valence-electron chi connectivity index (χ3n) is 1.53. The zero-order chi connectivity index (χ0) is 12.0. The number of Topliss-reactive ketones (excluding diaryl/α,β-unsaturated/α-hetero) is 1. The highest BCUT2D eigenvalue weighted by Crippen LogP contribution is 2.03. The second kappa shape index (κ2) is 5.95. The van der Waals surface area contributed by atoms with Gasteiger partial charge in [0.2, 0.25) is 0 Å². The predicted molar refractivity (Wildman–Crippen MR) is 51.9 cm³/mol. The Morgan fingerprint density at radius 2 is 1.87 bits per heavy atom. The van der Waals surface area contributed by atoms with Crippen LogP contribution in [0.2, 0.25) is 0 Å². The lowest BCUT2D eigenvalue weighted by atomic mass is 10.1. The fourth-order valence-electron chi connectivity index (χ4n) is 0.755. The van der Waals surface area contributed by atoms with Crippen molar-refractivity contribution >= 4 is 17.7 Å². The van der Waals surface area contributed by atoms with Crippen LogP contribution in [0.5, 0.6) is 0 Å². The van der Waals surface area contributed by atoms with E-state index in [0.29, 0.717) is 0 Å². The molecule has 0 amide bonds. The van der Waals surface area contributed by atoms with Gasteiger partial charge in [-0.1, -0.05) is 6.58 Å². The van der Waals surface area contributed by atoms with Gasteiger partial charge >= 0.3 is 11.9 Å². The van der Waals surface area contributed by atoms with Crippen molar-refractivity contribution in [3.63, 3.8) is 0 Å². The van der Waals surface area contributed by atoms with Gasteiger partial charge in [0.15, 0.2) is 11.9 Å². The average Bonchev–Trinajstić information content (AvgIpc) is 2.13. The number of carboxylic acids is 1. The highest BCUT2D eigenvalue weighted by atomic mass is 16.5. The lowest BCUT2D eigenvalue weighted by Gasteiger charge is -2.11. The molecular formula is C10H13O5. The minimum atomic E-state index is -1.15. The number of carbonyl (C=O) groups excluding carboxylic acids is 2. The lowest BCUT2D eigenvalue weighted by Crippen LogP contribution is -2.25. The van der Waals surface area contributed by atoms with Gasteiger partial charge in [-0.25, -0.2) is 0 Å². The Morgan fingerprint density at radius 1 is 1.33 bits per heavy atom. The number of aliphatic carboxylic acids is 1. The molecule has 0 aliphatic rings. The monoisotopic (exact) mass is 213 g/mol. The van der Waals surface area contributed by atoms with Crippen molar-refractivity contribution in [3.05, 3.63) is 19.1 Å². The molecule has 0 spiro atoms. The maximum absolute atomic E-state index is 11.2. The Hall–Kier alpha value is -1.65. The van der Waals surface area contributed by atoms with Crippen LogP contribution in [0.15, 0.2) is 12.2 Å². The van der Waals surface area contributed by atoms with Crippen LogP contribution in [-0.2, 0) is 19.1 Å². The molecule has 0 bridgehead atoms. The molecule has 0 heterocycles. The Bertz CT molecular complexity index is 292. The SMILES string of the molecule is [CH2]C(OC(=O)CCC(=O)O)C(=O)C(=C)C. The molecule has 1 N–H and O–H groups in total. The van der Waals surface area contributed by atoms with Crippen LogP contribution < -0.4 is 0 Å². The molecule has 0 aromatic rings. The lowest BCUT2D eigenvalue weighted by molar-refractivity contribution is -0.153. The molecule has 1 radical (unpaired) electrons. The van der Waals surface area contributed by atoms with Crippen molar-refractivity contribution in [3.8, 4) is 0 Å². The molecule has 0 aliphatic heterocycles. The van der Waals surface area contributed by atoms with Crippen molar-refractivity contribution in [2.45, 2.75) is 25.9 Å². The average molecular weight is 213 g/mol. The van der Waals surface area contributed by atoms with Crippen LogP contribution in [0.1, 0.15) is 19.8 Å². The van der Waals surface area contributed by atoms with E-state index in [-0.39, 0.29) is 18.4 Å². The van der Waals surface area contributed by atoms with Crippen LogP contribution in [0.3, 0.4) is 0 Å². The van der Waals surface area contributed by atoms with Gasteiger partial charge < -0.3 is 9.84 Å². The number of carboxylic acid groups (broad SMARTS) is 1. The number of esters is 1. The molecule has 83 valence electrons. The number of hydrogen-bond acceptors (Lipinski definition) is 4. The summed E-state index contributed by atoms with van der Waals surface area (Å²) >= 11 is 0. The van der Waals surface area contributed by atoms with E-state index in [4.69, 9.17) is 5.11 Å². The Balaban J connectivity index is 4.01. The fourth-order valence-corrected chi connectivity index (χ4v) is 0.755. The van der Waals surface area contributed by atoms with Crippen molar-refractivity contribution in [1.82, 2.24) is 0 Å². The van der Waals surface area contributed by atoms with E-state index in [1.807, 2.05) is 0 Å². The van der Waals surface area contributed by atoms with Gasteiger partial charge in [-0.15, -0.1) is 0 Å². The van der Waals surface area contributed by atoms with Crippen LogP contribution in [0.25, 0.3) is 0 Å². The number of ether oxygens (including phenoxy) is 1. The molecule has 0 fully saturated rings. The van der Waals surface area contributed by atoms with E-state index in [2.05, 4.69) is 18.2 Å². The van der Waals surface area contributed by atoms with Crippen molar-refractivity contribution in [2.75, 3.05) is 0 Å². The van der Waals surface area contributed by atoms with Gasteiger partial charge in [-0.05, 0) is 19.4 Å². The number of ketones is 1. The topological polar surface area (TPSA) is 80.7 Å². The first-order valence-electron chi connectivity index (χ1n) is 4.28. The standard InChI is InChI=1S/C10H13O5/c1-6(2)10(14)7(3)15-9(13)5-4-8(11)12/h7H,1,3-5H2,2H3,(H,11,12).